The Bertz CT molecular complexity index is 869. The smallest absolute Gasteiger partial charge is 0.164 e. The largest absolute Gasteiger partial charge is 0.394 e. The van der Waals surface area contributed by atoms with Crippen molar-refractivity contribution >= 4 is 22.5 Å². The summed E-state index contributed by atoms with van der Waals surface area (Å²) in [6.45, 7) is -0.371. The molecule has 1 saturated heterocycles. The highest BCUT2D eigenvalue weighted by Crippen LogP contribution is 2.33. The predicted octanol–water partition coefficient (Wildman–Crippen LogP) is 0.786. The van der Waals surface area contributed by atoms with E-state index >= 15 is 0 Å². The maximum Gasteiger partial charge on any atom is 0.164 e. The number of para-hydroxylation sites is 1. The number of benzene rings is 1. The minimum absolute atomic E-state index is 0.371. The third-order valence-electron chi connectivity index (χ3n) is 4.34. The Kier molecular flexibility index (Phi) is 4.10. The van der Waals surface area contributed by atoms with E-state index in [0.717, 1.165) is 11.1 Å². The highest BCUT2D eigenvalue weighted by atomic mass is 16.6. The normalized spacial score (nSPS) is 26.2. The zero-order valence-electron chi connectivity index (χ0n) is 13.2. The van der Waals surface area contributed by atoms with Crippen LogP contribution < -0.4 is 5.32 Å². The summed E-state index contributed by atoms with van der Waals surface area (Å²) in [6.07, 6.45) is -0.837. The van der Waals surface area contributed by atoms with Crippen molar-refractivity contribution in [2.75, 3.05) is 11.9 Å². The first-order valence-electron chi connectivity index (χ1n) is 7.95. The third-order valence-corrected chi connectivity index (χ3v) is 4.34. The molecule has 1 aliphatic rings. The van der Waals surface area contributed by atoms with Crippen LogP contribution in [0.3, 0.4) is 0 Å². The van der Waals surface area contributed by atoms with Gasteiger partial charge in [0.15, 0.2) is 6.23 Å². The first-order chi connectivity index (χ1) is 12.2. The Labute approximate surface area is 143 Å². The minimum atomic E-state index is -1.16. The third kappa shape index (κ3) is 2.75. The van der Waals surface area contributed by atoms with E-state index in [2.05, 4.69) is 15.3 Å². The van der Waals surface area contributed by atoms with E-state index in [9.17, 15) is 15.3 Å². The second kappa shape index (κ2) is 6.41. The van der Waals surface area contributed by atoms with Gasteiger partial charge in [-0.3, -0.25) is 0 Å². The highest BCUT2D eigenvalue weighted by Gasteiger charge is 2.43. The van der Waals surface area contributed by atoms with Gasteiger partial charge in [0.2, 0.25) is 0 Å². The van der Waals surface area contributed by atoms with E-state index in [1.54, 1.807) is 10.8 Å². The molecule has 3 aromatic rings. The average molecular weight is 342 g/mol. The van der Waals surface area contributed by atoms with Crippen LogP contribution in [0.25, 0.3) is 11.0 Å². The molecule has 0 unspecified atom stereocenters. The van der Waals surface area contributed by atoms with E-state index in [4.69, 9.17) is 4.74 Å². The summed E-state index contributed by atoms with van der Waals surface area (Å²) in [5.41, 5.74) is 1.45. The molecule has 25 heavy (non-hydrogen) atoms. The van der Waals surface area contributed by atoms with Gasteiger partial charge < -0.3 is 29.9 Å². The molecule has 0 saturated carbocycles. The zero-order chi connectivity index (χ0) is 17.4. The topological polar surface area (TPSA) is 113 Å². The Morgan fingerprint density at radius 2 is 1.88 bits per heavy atom. The molecule has 8 heteroatoms. The number of hydrogen-bond acceptors (Lipinski definition) is 7. The van der Waals surface area contributed by atoms with Crippen LogP contribution in [-0.2, 0) is 4.74 Å². The molecular formula is C17H18N4O4. The number of fused-ring (bicyclic) bond motifs is 1. The lowest BCUT2D eigenvalue weighted by molar-refractivity contribution is -0.0508. The number of rotatable bonds is 4. The molecule has 2 aromatic heterocycles. The lowest BCUT2D eigenvalue weighted by atomic mass is 10.1. The van der Waals surface area contributed by atoms with Crippen LogP contribution in [0.15, 0.2) is 48.9 Å². The van der Waals surface area contributed by atoms with Crippen LogP contribution in [-0.4, -0.2) is 54.8 Å². The number of hydrogen-bond donors (Lipinski definition) is 4. The number of nitrogens with one attached hydrogen (secondary N) is 1. The number of anilines is 2. The second-order valence-electron chi connectivity index (χ2n) is 5.90. The van der Waals surface area contributed by atoms with Crippen molar-refractivity contribution in [3.05, 3.63) is 48.9 Å². The zero-order valence-corrected chi connectivity index (χ0v) is 13.2. The Morgan fingerprint density at radius 1 is 1.08 bits per heavy atom. The van der Waals surface area contributed by atoms with Gasteiger partial charge in [0.1, 0.15) is 36.1 Å². The summed E-state index contributed by atoms with van der Waals surface area (Å²) in [5.74, 6) is 0.627. The fourth-order valence-corrected chi connectivity index (χ4v) is 3.04. The maximum atomic E-state index is 10.2. The number of nitrogens with zero attached hydrogens (tertiary/aromatic N) is 3. The molecule has 0 radical (unpaired) electrons. The summed E-state index contributed by atoms with van der Waals surface area (Å²) < 4.78 is 7.21. The van der Waals surface area contributed by atoms with Crippen molar-refractivity contribution in [2.45, 2.75) is 24.5 Å². The van der Waals surface area contributed by atoms with Gasteiger partial charge in [-0.05, 0) is 18.2 Å². The molecule has 4 N–H and O–H groups in total. The number of ether oxygens (including phenoxy) is 1. The van der Waals surface area contributed by atoms with Crippen molar-refractivity contribution in [3.8, 4) is 0 Å². The van der Waals surface area contributed by atoms with E-state index < -0.39 is 24.5 Å². The summed E-state index contributed by atoms with van der Waals surface area (Å²) in [7, 11) is 0. The molecular weight excluding hydrogens is 324 g/mol. The standard InChI is InChI=1S/C17H18N4O4/c22-8-12-13(23)14(24)17(25-12)21-7-6-11-15(18-9-19-16(11)21)20-10-4-2-1-3-5-10/h1-7,9,12-14,17,22-24H,8H2,(H,18,19,20)/t12-,13-,14-,17-/m1/s1. The van der Waals surface area contributed by atoms with Crippen molar-refractivity contribution in [1.29, 1.82) is 0 Å². The monoisotopic (exact) mass is 342 g/mol. The second-order valence-corrected chi connectivity index (χ2v) is 5.90. The van der Waals surface area contributed by atoms with E-state index in [1.807, 2.05) is 36.4 Å². The molecule has 4 rings (SSSR count). The van der Waals surface area contributed by atoms with Gasteiger partial charge >= 0.3 is 0 Å². The van der Waals surface area contributed by atoms with Gasteiger partial charge in [-0.15, -0.1) is 0 Å². The van der Waals surface area contributed by atoms with Gasteiger partial charge in [-0.2, -0.15) is 0 Å². The van der Waals surface area contributed by atoms with Crippen molar-refractivity contribution in [3.63, 3.8) is 0 Å². The van der Waals surface area contributed by atoms with Crippen LogP contribution in [0, 0.1) is 0 Å². The van der Waals surface area contributed by atoms with Gasteiger partial charge in [0.05, 0.1) is 12.0 Å². The number of aliphatic hydroxyl groups excluding tert-OH is 3. The molecule has 1 aliphatic heterocycles. The van der Waals surface area contributed by atoms with Gasteiger partial charge in [0, 0.05) is 11.9 Å². The average Bonchev–Trinajstić information content (AvgIpc) is 3.18. The molecule has 1 aromatic carbocycles. The molecule has 0 aliphatic carbocycles. The van der Waals surface area contributed by atoms with Crippen LogP contribution in [0.4, 0.5) is 11.5 Å². The molecule has 130 valence electrons. The molecule has 4 atom stereocenters. The molecule has 0 spiro atoms. The summed E-state index contributed by atoms with van der Waals surface area (Å²) >= 11 is 0. The number of aromatic nitrogens is 3. The van der Waals surface area contributed by atoms with E-state index in [0.29, 0.717) is 11.5 Å². The van der Waals surface area contributed by atoms with Crippen LogP contribution in [0.1, 0.15) is 6.23 Å². The molecule has 0 amide bonds. The molecule has 3 heterocycles. The minimum Gasteiger partial charge on any atom is -0.394 e. The first kappa shape index (κ1) is 16.0. The fraction of sp³-hybridized carbons (Fsp3) is 0.294. The van der Waals surface area contributed by atoms with Crippen molar-refractivity contribution in [1.82, 2.24) is 14.5 Å². The fourth-order valence-electron chi connectivity index (χ4n) is 3.04. The molecule has 1 fully saturated rings. The molecule has 8 nitrogen and oxygen atoms in total. The number of aliphatic hydroxyl groups is 3. The predicted molar refractivity (Wildman–Crippen MR) is 90.3 cm³/mol. The van der Waals surface area contributed by atoms with E-state index in [1.165, 1.54) is 6.33 Å². The summed E-state index contributed by atoms with van der Waals surface area (Å²) in [4.78, 5) is 8.55. The lowest BCUT2D eigenvalue weighted by Crippen LogP contribution is -2.33. The van der Waals surface area contributed by atoms with Gasteiger partial charge in [-0.1, -0.05) is 18.2 Å². The van der Waals surface area contributed by atoms with Crippen LogP contribution in [0.5, 0.6) is 0 Å². The van der Waals surface area contributed by atoms with Crippen LogP contribution in [0.2, 0.25) is 0 Å². The SMILES string of the molecule is OC[C@H]1O[C@@H](n2ccc3c(Nc4ccccc4)ncnc32)[C@H](O)[C@@H]1O. The molecule has 0 bridgehead atoms. The first-order valence-corrected chi connectivity index (χ1v) is 7.95. The lowest BCUT2D eigenvalue weighted by Gasteiger charge is -2.17. The summed E-state index contributed by atoms with van der Waals surface area (Å²) in [6, 6.07) is 11.4. The summed E-state index contributed by atoms with van der Waals surface area (Å²) in [5, 5.41) is 33.4. The van der Waals surface area contributed by atoms with Crippen molar-refractivity contribution in [2.24, 2.45) is 0 Å². The maximum absolute atomic E-state index is 10.2. The van der Waals surface area contributed by atoms with Gasteiger partial charge in [0.25, 0.3) is 0 Å². The highest BCUT2D eigenvalue weighted by molar-refractivity contribution is 5.89. The van der Waals surface area contributed by atoms with Crippen molar-refractivity contribution < 1.29 is 20.1 Å². The Morgan fingerprint density at radius 3 is 2.60 bits per heavy atom. The van der Waals surface area contributed by atoms with E-state index in [-0.39, 0.29) is 6.61 Å². The van der Waals surface area contributed by atoms with Crippen LogP contribution >= 0.6 is 0 Å². The Hall–Kier alpha value is -2.52. The quantitative estimate of drug-likeness (QED) is 0.554. The Balaban J connectivity index is 1.70. The van der Waals surface area contributed by atoms with Gasteiger partial charge in [-0.25, -0.2) is 9.97 Å².